The van der Waals surface area contributed by atoms with E-state index in [0.717, 1.165) is 37.1 Å². The third-order valence-corrected chi connectivity index (χ3v) is 4.11. The van der Waals surface area contributed by atoms with Crippen LogP contribution < -0.4 is 10.2 Å². The van der Waals surface area contributed by atoms with Crippen molar-refractivity contribution in [1.29, 1.82) is 0 Å². The Kier molecular flexibility index (Phi) is 2.92. The maximum absolute atomic E-state index is 12.5. The summed E-state index contributed by atoms with van der Waals surface area (Å²) in [5, 5.41) is 3.42. The van der Waals surface area contributed by atoms with Gasteiger partial charge in [-0.15, -0.1) is 0 Å². The molecule has 0 spiro atoms. The SMILES string of the molecule is CN(c1ccc(C(F)(F)F)cn1)C1CC2CC2CN1. The van der Waals surface area contributed by atoms with Crippen molar-refractivity contribution >= 4 is 5.82 Å². The molecule has 0 bridgehead atoms. The summed E-state index contributed by atoms with van der Waals surface area (Å²) in [5.41, 5.74) is -0.705. The van der Waals surface area contributed by atoms with Gasteiger partial charge in [0, 0.05) is 19.8 Å². The summed E-state index contributed by atoms with van der Waals surface area (Å²) >= 11 is 0. The fourth-order valence-electron chi connectivity index (χ4n) is 2.72. The van der Waals surface area contributed by atoms with Crippen molar-refractivity contribution < 1.29 is 13.2 Å². The van der Waals surface area contributed by atoms with Gasteiger partial charge in [0.05, 0.1) is 11.7 Å². The predicted molar refractivity (Wildman–Crippen MR) is 65.6 cm³/mol. The van der Waals surface area contributed by atoms with E-state index in [9.17, 15) is 13.2 Å². The van der Waals surface area contributed by atoms with Crippen LogP contribution >= 0.6 is 0 Å². The Bertz CT molecular complexity index is 457. The lowest BCUT2D eigenvalue weighted by atomic mass is 10.1. The third kappa shape index (κ3) is 2.54. The molecule has 1 aromatic heterocycles. The first-order chi connectivity index (χ1) is 8.95. The van der Waals surface area contributed by atoms with Crippen molar-refractivity contribution in [3.8, 4) is 0 Å². The van der Waals surface area contributed by atoms with Gasteiger partial charge in [0.15, 0.2) is 0 Å². The number of alkyl halides is 3. The van der Waals surface area contributed by atoms with Crippen LogP contribution in [0.5, 0.6) is 0 Å². The lowest BCUT2D eigenvalue weighted by molar-refractivity contribution is -0.137. The highest BCUT2D eigenvalue weighted by Crippen LogP contribution is 2.44. The fraction of sp³-hybridized carbons (Fsp3) is 0.615. The molecule has 2 aliphatic rings. The minimum Gasteiger partial charge on any atom is -0.344 e. The molecule has 3 nitrogen and oxygen atoms in total. The summed E-state index contributed by atoms with van der Waals surface area (Å²) in [4.78, 5) is 5.85. The number of pyridine rings is 1. The molecular weight excluding hydrogens is 255 g/mol. The number of halogens is 3. The molecule has 104 valence electrons. The Morgan fingerprint density at radius 2 is 2.05 bits per heavy atom. The van der Waals surface area contributed by atoms with Gasteiger partial charge < -0.3 is 4.90 Å². The van der Waals surface area contributed by atoms with Gasteiger partial charge in [0.25, 0.3) is 0 Å². The zero-order chi connectivity index (χ0) is 13.6. The molecule has 3 rings (SSSR count). The van der Waals surface area contributed by atoms with Crippen LogP contribution in [0.1, 0.15) is 18.4 Å². The van der Waals surface area contributed by atoms with Crippen LogP contribution in [-0.2, 0) is 6.18 Å². The second-order valence-electron chi connectivity index (χ2n) is 5.43. The monoisotopic (exact) mass is 271 g/mol. The van der Waals surface area contributed by atoms with E-state index >= 15 is 0 Å². The summed E-state index contributed by atoms with van der Waals surface area (Å²) in [5.74, 6) is 2.16. The fourth-order valence-corrected chi connectivity index (χ4v) is 2.72. The maximum Gasteiger partial charge on any atom is 0.417 e. The molecule has 1 aliphatic heterocycles. The van der Waals surface area contributed by atoms with Crippen molar-refractivity contribution in [2.45, 2.75) is 25.2 Å². The molecule has 1 saturated heterocycles. The molecule has 1 aromatic rings. The molecule has 3 atom stereocenters. The standard InChI is InChI=1S/C13H16F3N3/c1-19(12-5-8-4-9(8)6-17-12)11-3-2-10(7-18-11)13(14,15)16/h2-3,7-9,12,17H,4-6H2,1H3. The molecule has 1 N–H and O–H groups in total. The van der Waals surface area contributed by atoms with Gasteiger partial charge in [-0.2, -0.15) is 13.2 Å². The minimum atomic E-state index is -4.32. The highest BCUT2D eigenvalue weighted by atomic mass is 19.4. The van der Waals surface area contributed by atoms with Crippen molar-refractivity contribution in [1.82, 2.24) is 10.3 Å². The number of nitrogens with zero attached hydrogens (tertiary/aromatic N) is 2. The normalized spacial score (nSPS) is 29.8. The molecule has 2 fully saturated rings. The molecule has 0 amide bonds. The number of hydrogen-bond donors (Lipinski definition) is 1. The van der Waals surface area contributed by atoms with Gasteiger partial charge in [-0.25, -0.2) is 4.98 Å². The number of nitrogens with one attached hydrogen (secondary N) is 1. The summed E-state index contributed by atoms with van der Waals surface area (Å²) < 4.78 is 37.4. The predicted octanol–water partition coefficient (Wildman–Crippen LogP) is 2.49. The van der Waals surface area contributed by atoms with Gasteiger partial charge >= 0.3 is 6.18 Å². The van der Waals surface area contributed by atoms with Crippen molar-refractivity contribution in [2.75, 3.05) is 18.5 Å². The second-order valence-corrected chi connectivity index (χ2v) is 5.43. The molecule has 19 heavy (non-hydrogen) atoms. The Morgan fingerprint density at radius 1 is 1.26 bits per heavy atom. The topological polar surface area (TPSA) is 28.2 Å². The van der Waals surface area contributed by atoms with E-state index in [0.29, 0.717) is 5.82 Å². The lowest BCUT2D eigenvalue weighted by Gasteiger charge is -2.32. The van der Waals surface area contributed by atoms with Crippen LogP contribution in [0.25, 0.3) is 0 Å². The molecule has 2 heterocycles. The van der Waals surface area contributed by atoms with Gasteiger partial charge in [-0.1, -0.05) is 0 Å². The van der Waals surface area contributed by atoms with E-state index in [2.05, 4.69) is 10.3 Å². The van der Waals surface area contributed by atoms with E-state index in [1.165, 1.54) is 12.5 Å². The molecule has 0 aromatic carbocycles. The van der Waals surface area contributed by atoms with Crippen molar-refractivity contribution in [2.24, 2.45) is 11.8 Å². The molecule has 3 unspecified atom stereocenters. The van der Waals surface area contributed by atoms with Crippen molar-refractivity contribution in [3.63, 3.8) is 0 Å². The van der Waals surface area contributed by atoms with Crippen LogP contribution in [0.15, 0.2) is 18.3 Å². The van der Waals surface area contributed by atoms with Gasteiger partial charge in [0.2, 0.25) is 0 Å². The van der Waals surface area contributed by atoms with Crippen LogP contribution in [0, 0.1) is 11.8 Å². The first kappa shape index (κ1) is 12.7. The summed E-state index contributed by atoms with van der Waals surface area (Å²) in [6, 6.07) is 2.52. The van der Waals surface area contributed by atoms with E-state index in [1.807, 2.05) is 11.9 Å². The van der Waals surface area contributed by atoms with E-state index in [-0.39, 0.29) is 6.17 Å². The average molecular weight is 271 g/mol. The van der Waals surface area contributed by atoms with E-state index in [1.54, 1.807) is 0 Å². The molecular formula is C13H16F3N3. The lowest BCUT2D eigenvalue weighted by Crippen LogP contribution is -2.47. The summed E-state index contributed by atoms with van der Waals surface area (Å²) in [7, 11) is 1.87. The first-order valence-corrected chi connectivity index (χ1v) is 6.44. The molecule has 0 radical (unpaired) electrons. The van der Waals surface area contributed by atoms with E-state index in [4.69, 9.17) is 0 Å². The third-order valence-electron chi connectivity index (χ3n) is 4.11. The summed E-state index contributed by atoms with van der Waals surface area (Å²) in [6.45, 7) is 1.00. The number of rotatable bonds is 2. The number of anilines is 1. The van der Waals surface area contributed by atoms with Gasteiger partial charge in [0.1, 0.15) is 5.82 Å². The number of fused-ring (bicyclic) bond motifs is 1. The Balaban J connectivity index is 1.71. The number of aromatic nitrogens is 1. The van der Waals surface area contributed by atoms with Crippen LogP contribution in [0.3, 0.4) is 0 Å². The minimum absolute atomic E-state index is 0.174. The Hall–Kier alpha value is -1.30. The largest absolute Gasteiger partial charge is 0.417 e. The quantitative estimate of drug-likeness (QED) is 0.895. The van der Waals surface area contributed by atoms with Gasteiger partial charge in [-0.3, -0.25) is 5.32 Å². The zero-order valence-electron chi connectivity index (χ0n) is 10.6. The highest BCUT2D eigenvalue weighted by molar-refractivity contribution is 5.40. The molecule has 1 saturated carbocycles. The van der Waals surface area contributed by atoms with E-state index < -0.39 is 11.7 Å². The Labute approximate surface area is 109 Å². The zero-order valence-corrected chi connectivity index (χ0v) is 10.6. The van der Waals surface area contributed by atoms with Crippen LogP contribution in [0.4, 0.5) is 19.0 Å². The number of piperidine rings is 1. The average Bonchev–Trinajstić information content (AvgIpc) is 3.15. The summed E-state index contributed by atoms with van der Waals surface area (Å²) in [6.07, 6.45) is -0.932. The molecule has 1 aliphatic carbocycles. The molecule has 6 heteroatoms. The van der Waals surface area contributed by atoms with Crippen LogP contribution in [0.2, 0.25) is 0 Å². The first-order valence-electron chi connectivity index (χ1n) is 6.44. The van der Waals surface area contributed by atoms with Crippen molar-refractivity contribution in [3.05, 3.63) is 23.9 Å². The van der Waals surface area contributed by atoms with Crippen LogP contribution in [-0.4, -0.2) is 24.7 Å². The number of hydrogen-bond acceptors (Lipinski definition) is 3. The maximum atomic E-state index is 12.5. The highest BCUT2D eigenvalue weighted by Gasteiger charge is 2.43. The Morgan fingerprint density at radius 3 is 2.63 bits per heavy atom. The smallest absolute Gasteiger partial charge is 0.344 e. The van der Waals surface area contributed by atoms with Gasteiger partial charge in [-0.05, 0) is 36.8 Å². The second kappa shape index (κ2) is 4.37.